The molecular formula is C14H27N3O3. The molecule has 0 radical (unpaired) electrons. The Morgan fingerprint density at radius 3 is 2.65 bits per heavy atom. The monoisotopic (exact) mass is 285 g/mol. The van der Waals surface area contributed by atoms with Crippen LogP contribution in [0.25, 0.3) is 0 Å². The van der Waals surface area contributed by atoms with Gasteiger partial charge in [-0.1, -0.05) is 13.8 Å². The fourth-order valence-electron chi connectivity index (χ4n) is 2.05. The fourth-order valence-corrected chi connectivity index (χ4v) is 2.05. The number of nitrogens with one attached hydrogen (secondary N) is 1. The third-order valence-electron chi connectivity index (χ3n) is 3.36. The van der Waals surface area contributed by atoms with Crippen LogP contribution in [0.3, 0.4) is 0 Å². The first-order valence-electron chi connectivity index (χ1n) is 7.22. The second-order valence-electron chi connectivity index (χ2n) is 5.78. The summed E-state index contributed by atoms with van der Waals surface area (Å²) in [6.07, 6.45) is 0.368. The molecule has 0 aliphatic carbocycles. The molecule has 116 valence electrons. The summed E-state index contributed by atoms with van der Waals surface area (Å²) < 4.78 is 5.52. The van der Waals surface area contributed by atoms with E-state index >= 15 is 0 Å². The van der Waals surface area contributed by atoms with Crippen LogP contribution < -0.4 is 5.32 Å². The summed E-state index contributed by atoms with van der Waals surface area (Å²) in [6, 6.07) is -0.410. The molecule has 1 aliphatic rings. The summed E-state index contributed by atoms with van der Waals surface area (Å²) in [4.78, 5) is 27.7. The van der Waals surface area contributed by atoms with E-state index in [0.29, 0.717) is 32.7 Å². The van der Waals surface area contributed by atoms with Gasteiger partial charge in [0.2, 0.25) is 11.8 Å². The number of amides is 2. The largest absolute Gasteiger partial charge is 0.378 e. The smallest absolute Gasteiger partial charge is 0.245 e. The average molecular weight is 285 g/mol. The number of likely N-dealkylation sites (N-methyl/N-ethyl adjacent to an activating group) is 1. The summed E-state index contributed by atoms with van der Waals surface area (Å²) in [5, 5.41) is 2.80. The normalized spacial score (nSPS) is 20.5. The van der Waals surface area contributed by atoms with Gasteiger partial charge in [-0.2, -0.15) is 0 Å². The third-order valence-corrected chi connectivity index (χ3v) is 3.36. The van der Waals surface area contributed by atoms with Gasteiger partial charge in [0.15, 0.2) is 0 Å². The van der Waals surface area contributed by atoms with Gasteiger partial charge in [-0.05, 0) is 20.0 Å². The Hall–Kier alpha value is -1.14. The van der Waals surface area contributed by atoms with Crippen LogP contribution in [0.2, 0.25) is 0 Å². The van der Waals surface area contributed by atoms with Crippen molar-refractivity contribution in [3.63, 3.8) is 0 Å². The molecule has 0 aromatic carbocycles. The van der Waals surface area contributed by atoms with Crippen molar-refractivity contribution in [3.05, 3.63) is 0 Å². The molecule has 1 heterocycles. The second kappa shape index (κ2) is 8.21. The molecule has 1 fully saturated rings. The molecule has 0 saturated carbocycles. The molecule has 1 N–H and O–H groups in total. The van der Waals surface area contributed by atoms with Gasteiger partial charge in [-0.25, -0.2) is 0 Å². The van der Waals surface area contributed by atoms with Crippen molar-refractivity contribution in [1.29, 1.82) is 0 Å². The van der Waals surface area contributed by atoms with Gasteiger partial charge >= 0.3 is 0 Å². The van der Waals surface area contributed by atoms with Crippen LogP contribution in [0.1, 0.15) is 20.3 Å². The first kappa shape index (κ1) is 16.9. The molecule has 6 heteroatoms. The van der Waals surface area contributed by atoms with Crippen LogP contribution in [-0.2, 0) is 14.3 Å². The van der Waals surface area contributed by atoms with Crippen LogP contribution in [0, 0.1) is 5.92 Å². The molecular weight excluding hydrogens is 258 g/mol. The van der Waals surface area contributed by atoms with Gasteiger partial charge in [0, 0.05) is 26.1 Å². The van der Waals surface area contributed by atoms with Crippen molar-refractivity contribution in [3.8, 4) is 0 Å². The predicted octanol–water partition coefficient (Wildman–Crippen LogP) is -0.0623. The second-order valence-corrected chi connectivity index (χ2v) is 5.78. The molecule has 0 aromatic rings. The van der Waals surface area contributed by atoms with Crippen LogP contribution >= 0.6 is 0 Å². The molecule has 1 saturated heterocycles. The lowest BCUT2D eigenvalue weighted by atomic mass is 10.0. The first-order valence-corrected chi connectivity index (χ1v) is 7.22. The maximum atomic E-state index is 12.4. The van der Waals surface area contributed by atoms with Crippen LogP contribution in [-0.4, -0.2) is 74.6 Å². The summed E-state index contributed by atoms with van der Waals surface area (Å²) in [6.45, 7) is 6.94. The van der Waals surface area contributed by atoms with E-state index in [4.69, 9.17) is 4.74 Å². The number of carbonyl (C=O) groups is 2. The lowest BCUT2D eigenvalue weighted by Crippen LogP contribution is -2.48. The van der Waals surface area contributed by atoms with E-state index in [0.717, 1.165) is 6.54 Å². The summed E-state index contributed by atoms with van der Waals surface area (Å²) in [7, 11) is 3.98. The van der Waals surface area contributed by atoms with Gasteiger partial charge in [-0.3, -0.25) is 9.59 Å². The summed E-state index contributed by atoms with van der Waals surface area (Å²) in [5.74, 6) is 0.0526. The van der Waals surface area contributed by atoms with Gasteiger partial charge in [0.1, 0.15) is 6.04 Å². The highest BCUT2D eigenvalue weighted by Crippen LogP contribution is 2.10. The van der Waals surface area contributed by atoms with E-state index in [1.165, 1.54) is 0 Å². The van der Waals surface area contributed by atoms with Crippen LogP contribution in [0.15, 0.2) is 0 Å². The van der Waals surface area contributed by atoms with Gasteiger partial charge in [0.25, 0.3) is 0 Å². The van der Waals surface area contributed by atoms with Crippen molar-refractivity contribution in [2.75, 3.05) is 46.9 Å². The molecule has 2 amide bonds. The van der Waals surface area contributed by atoms with Crippen LogP contribution in [0.5, 0.6) is 0 Å². The van der Waals surface area contributed by atoms with Gasteiger partial charge in [0.05, 0.1) is 13.2 Å². The van der Waals surface area contributed by atoms with Crippen molar-refractivity contribution in [2.24, 2.45) is 5.92 Å². The van der Waals surface area contributed by atoms with Crippen molar-refractivity contribution in [2.45, 2.75) is 26.3 Å². The topological polar surface area (TPSA) is 61.9 Å². The highest BCUT2D eigenvalue weighted by molar-refractivity contribution is 5.90. The standard InChI is InChI=1S/C14H27N3O3/c1-11(2)13-14(19)17(6-5-12(18)15-13)8-10-20-9-7-16(3)4/h11,13H,5-10H2,1-4H3,(H,15,18). The molecule has 6 nitrogen and oxygen atoms in total. The lowest BCUT2D eigenvalue weighted by molar-refractivity contribution is -0.135. The fraction of sp³-hybridized carbons (Fsp3) is 0.857. The Balaban J connectivity index is 2.43. The molecule has 20 heavy (non-hydrogen) atoms. The van der Waals surface area contributed by atoms with Crippen molar-refractivity contribution in [1.82, 2.24) is 15.1 Å². The Morgan fingerprint density at radius 1 is 1.35 bits per heavy atom. The van der Waals surface area contributed by atoms with E-state index in [-0.39, 0.29) is 17.7 Å². The molecule has 1 atom stereocenters. The maximum absolute atomic E-state index is 12.4. The molecule has 0 bridgehead atoms. The van der Waals surface area contributed by atoms with Crippen molar-refractivity contribution >= 4 is 11.8 Å². The zero-order valence-electron chi connectivity index (χ0n) is 13.0. The third kappa shape index (κ3) is 5.46. The van der Waals surface area contributed by atoms with E-state index < -0.39 is 6.04 Å². The number of ether oxygens (including phenoxy) is 1. The Labute approximate surface area is 121 Å². The van der Waals surface area contributed by atoms with Crippen molar-refractivity contribution < 1.29 is 14.3 Å². The van der Waals surface area contributed by atoms with E-state index in [1.54, 1.807) is 4.90 Å². The number of hydrogen-bond acceptors (Lipinski definition) is 4. The highest BCUT2D eigenvalue weighted by atomic mass is 16.5. The molecule has 0 aromatic heterocycles. The number of carbonyl (C=O) groups excluding carboxylic acids is 2. The van der Waals surface area contributed by atoms with Crippen LogP contribution in [0.4, 0.5) is 0 Å². The lowest BCUT2D eigenvalue weighted by Gasteiger charge is -2.26. The Bertz CT molecular complexity index is 332. The minimum Gasteiger partial charge on any atom is -0.378 e. The highest BCUT2D eigenvalue weighted by Gasteiger charge is 2.31. The zero-order valence-corrected chi connectivity index (χ0v) is 13.0. The first-order chi connectivity index (χ1) is 9.41. The minimum absolute atomic E-state index is 0.00191. The average Bonchev–Trinajstić information content (AvgIpc) is 2.50. The van der Waals surface area contributed by atoms with E-state index in [1.807, 2.05) is 27.9 Å². The SMILES string of the molecule is CC(C)C1NC(=O)CCN(CCOCCN(C)C)C1=O. The maximum Gasteiger partial charge on any atom is 0.245 e. The predicted molar refractivity (Wildman–Crippen MR) is 77.3 cm³/mol. The molecule has 1 unspecified atom stereocenters. The summed E-state index contributed by atoms with van der Waals surface area (Å²) in [5.41, 5.74) is 0. The Morgan fingerprint density at radius 2 is 2.05 bits per heavy atom. The minimum atomic E-state index is -0.410. The van der Waals surface area contributed by atoms with Gasteiger partial charge < -0.3 is 19.9 Å². The van der Waals surface area contributed by atoms with E-state index in [2.05, 4.69) is 10.2 Å². The number of hydrogen-bond donors (Lipinski definition) is 1. The number of rotatable bonds is 7. The summed E-state index contributed by atoms with van der Waals surface area (Å²) >= 11 is 0. The molecule has 1 aliphatic heterocycles. The Kier molecular flexibility index (Phi) is 6.95. The van der Waals surface area contributed by atoms with E-state index in [9.17, 15) is 9.59 Å². The zero-order chi connectivity index (χ0) is 15.1. The number of nitrogens with zero attached hydrogens (tertiary/aromatic N) is 2. The quantitative estimate of drug-likeness (QED) is 0.666. The molecule has 1 rings (SSSR count). The molecule has 0 spiro atoms. The van der Waals surface area contributed by atoms with Gasteiger partial charge in [-0.15, -0.1) is 0 Å².